The van der Waals surface area contributed by atoms with Gasteiger partial charge < -0.3 is 14.7 Å². The van der Waals surface area contributed by atoms with Crippen molar-refractivity contribution < 1.29 is 27.8 Å². The second-order valence-corrected chi connectivity index (χ2v) is 8.76. The molecule has 1 aliphatic rings. The number of hydrogen-bond donors (Lipinski definition) is 1. The third kappa shape index (κ3) is 5.01. The Kier molecular flexibility index (Phi) is 6.07. The maximum absolute atomic E-state index is 13.1. The molecule has 5 nitrogen and oxygen atoms in total. The van der Waals surface area contributed by atoms with Gasteiger partial charge in [0.05, 0.1) is 17.7 Å². The number of rotatable bonds is 5. The third-order valence-electron chi connectivity index (χ3n) is 5.44. The van der Waals surface area contributed by atoms with E-state index in [9.17, 15) is 18.0 Å². The number of carbonyl (C=O) groups is 1. The Morgan fingerprint density at radius 3 is 2.55 bits per heavy atom. The summed E-state index contributed by atoms with van der Waals surface area (Å²) < 4.78 is 45.4. The van der Waals surface area contributed by atoms with E-state index in [4.69, 9.17) is 9.84 Å². The third-order valence-corrected chi connectivity index (χ3v) is 6.25. The summed E-state index contributed by atoms with van der Waals surface area (Å²) in [6, 6.07) is 3.44. The number of likely N-dealkylation sites (tertiary alicyclic amines) is 1. The molecule has 1 aliphatic heterocycles. The molecule has 0 atom stereocenters. The van der Waals surface area contributed by atoms with Gasteiger partial charge in [0.15, 0.2) is 0 Å². The van der Waals surface area contributed by atoms with E-state index in [-0.39, 0.29) is 11.3 Å². The molecule has 3 rings (SSSR count). The Morgan fingerprint density at radius 2 is 2.00 bits per heavy atom. The molecule has 2 heterocycles. The Balaban J connectivity index is 1.75. The van der Waals surface area contributed by atoms with Gasteiger partial charge in [-0.05, 0) is 37.0 Å². The molecular weight excluding hydrogens is 405 g/mol. The van der Waals surface area contributed by atoms with Gasteiger partial charge in [-0.2, -0.15) is 13.2 Å². The molecule has 1 N–H and O–H groups in total. The molecule has 9 heteroatoms. The summed E-state index contributed by atoms with van der Waals surface area (Å²) in [6.07, 6.45) is -2.34. The summed E-state index contributed by atoms with van der Waals surface area (Å²) in [5, 5.41) is 11.3. The first-order chi connectivity index (χ1) is 13.6. The molecule has 0 unspecified atom stereocenters. The van der Waals surface area contributed by atoms with Gasteiger partial charge in [0.25, 0.3) is 0 Å². The fourth-order valence-electron chi connectivity index (χ4n) is 3.59. The zero-order chi connectivity index (χ0) is 21.2. The number of amides is 1. The van der Waals surface area contributed by atoms with Crippen molar-refractivity contribution in [2.75, 3.05) is 19.7 Å². The topological polar surface area (TPSA) is 62.7 Å². The van der Waals surface area contributed by atoms with Crippen LogP contribution in [-0.2, 0) is 6.18 Å². The quantitative estimate of drug-likeness (QED) is 0.671. The van der Waals surface area contributed by atoms with Crippen molar-refractivity contribution in [2.24, 2.45) is 11.3 Å². The highest BCUT2D eigenvalue weighted by Crippen LogP contribution is 2.40. The van der Waals surface area contributed by atoms with Crippen LogP contribution < -0.4 is 4.74 Å². The van der Waals surface area contributed by atoms with E-state index in [2.05, 4.69) is 4.98 Å². The summed E-state index contributed by atoms with van der Waals surface area (Å²) in [5.74, 6) is 0.625. The van der Waals surface area contributed by atoms with Gasteiger partial charge in [0.1, 0.15) is 10.8 Å². The van der Waals surface area contributed by atoms with Crippen LogP contribution in [0.3, 0.4) is 0 Å². The lowest BCUT2D eigenvalue weighted by Gasteiger charge is -2.39. The van der Waals surface area contributed by atoms with E-state index < -0.39 is 17.8 Å². The van der Waals surface area contributed by atoms with Crippen LogP contribution in [-0.4, -0.2) is 40.8 Å². The molecule has 0 saturated carbocycles. The van der Waals surface area contributed by atoms with Gasteiger partial charge in [-0.25, -0.2) is 9.78 Å². The summed E-state index contributed by atoms with van der Waals surface area (Å²) >= 11 is 1.25. The van der Waals surface area contributed by atoms with Crippen molar-refractivity contribution in [3.63, 3.8) is 0 Å². The minimum absolute atomic E-state index is 0.257. The average molecular weight is 428 g/mol. The fourth-order valence-corrected chi connectivity index (χ4v) is 4.25. The Morgan fingerprint density at radius 1 is 1.31 bits per heavy atom. The first-order valence-electron chi connectivity index (χ1n) is 9.30. The lowest BCUT2D eigenvalue weighted by atomic mass is 9.74. The van der Waals surface area contributed by atoms with Crippen LogP contribution >= 0.6 is 11.3 Å². The summed E-state index contributed by atoms with van der Waals surface area (Å²) in [5.41, 5.74) is -0.672. The molecule has 1 saturated heterocycles. The highest BCUT2D eigenvalue weighted by atomic mass is 32.1. The Labute approximate surface area is 171 Å². The molecule has 0 aliphatic carbocycles. The predicted octanol–water partition coefficient (Wildman–Crippen LogP) is 5.62. The Hall–Kier alpha value is -2.29. The minimum atomic E-state index is -4.44. The summed E-state index contributed by atoms with van der Waals surface area (Å²) in [7, 11) is 0. The smallest absolute Gasteiger partial charge is 0.416 e. The SMILES string of the molecule is CC(C)(COc1ccc(C(F)(F)F)cc1-c1nccs1)C1CCN(C(=O)O)CC1. The van der Waals surface area contributed by atoms with E-state index in [1.165, 1.54) is 22.3 Å². The fraction of sp³-hybridized carbons (Fsp3) is 0.500. The molecule has 1 fully saturated rings. The standard InChI is InChI=1S/C20H23F3N2O3S/c1-19(2,13-5-8-25(9-6-13)18(26)27)12-28-16-4-3-14(20(21,22)23)11-15(16)17-24-7-10-29-17/h3-4,7,10-11,13H,5-6,8-9,12H2,1-2H3,(H,26,27). The maximum Gasteiger partial charge on any atom is 0.416 e. The van der Waals surface area contributed by atoms with Crippen LogP contribution in [0.4, 0.5) is 18.0 Å². The van der Waals surface area contributed by atoms with Crippen molar-refractivity contribution in [1.29, 1.82) is 0 Å². The van der Waals surface area contributed by atoms with E-state index in [0.717, 1.165) is 25.0 Å². The molecule has 1 aromatic carbocycles. The lowest BCUT2D eigenvalue weighted by molar-refractivity contribution is -0.137. The van der Waals surface area contributed by atoms with Crippen LogP contribution in [0, 0.1) is 11.3 Å². The second-order valence-electron chi connectivity index (χ2n) is 7.87. The molecule has 158 valence electrons. The molecule has 2 aromatic rings. The van der Waals surface area contributed by atoms with Crippen LogP contribution in [0.25, 0.3) is 10.6 Å². The summed E-state index contributed by atoms with van der Waals surface area (Å²) in [6.45, 7) is 5.36. The first kappa shape index (κ1) is 21.4. The van der Waals surface area contributed by atoms with Crippen molar-refractivity contribution in [3.8, 4) is 16.3 Å². The molecule has 0 radical (unpaired) electrons. The monoisotopic (exact) mass is 428 g/mol. The van der Waals surface area contributed by atoms with Gasteiger partial charge in [-0.3, -0.25) is 0 Å². The number of nitrogens with zero attached hydrogens (tertiary/aromatic N) is 2. The highest BCUT2D eigenvalue weighted by molar-refractivity contribution is 7.13. The maximum atomic E-state index is 13.1. The highest BCUT2D eigenvalue weighted by Gasteiger charge is 2.35. The number of piperidine rings is 1. The number of ether oxygens (including phenoxy) is 1. The predicted molar refractivity (Wildman–Crippen MR) is 104 cm³/mol. The lowest BCUT2D eigenvalue weighted by Crippen LogP contribution is -2.43. The van der Waals surface area contributed by atoms with E-state index in [0.29, 0.717) is 36.0 Å². The Bertz CT molecular complexity index is 845. The number of thiazole rings is 1. The zero-order valence-corrected chi connectivity index (χ0v) is 17.0. The van der Waals surface area contributed by atoms with Gasteiger partial charge in [-0.15, -0.1) is 11.3 Å². The van der Waals surface area contributed by atoms with E-state index in [1.54, 1.807) is 11.6 Å². The molecule has 0 bridgehead atoms. The van der Waals surface area contributed by atoms with Gasteiger partial charge >= 0.3 is 12.3 Å². The second kappa shape index (κ2) is 8.22. The van der Waals surface area contributed by atoms with Gasteiger partial charge in [0.2, 0.25) is 0 Å². The van der Waals surface area contributed by atoms with Crippen LogP contribution in [0.2, 0.25) is 0 Å². The average Bonchev–Trinajstić information content (AvgIpc) is 3.20. The molecule has 29 heavy (non-hydrogen) atoms. The van der Waals surface area contributed by atoms with Crippen LogP contribution in [0.5, 0.6) is 5.75 Å². The number of hydrogen-bond acceptors (Lipinski definition) is 4. The van der Waals surface area contributed by atoms with Crippen LogP contribution in [0.1, 0.15) is 32.3 Å². The number of carboxylic acid groups (broad SMARTS) is 1. The van der Waals surface area contributed by atoms with Crippen molar-refractivity contribution >= 4 is 17.4 Å². The number of alkyl halides is 3. The van der Waals surface area contributed by atoms with E-state index >= 15 is 0 Å². The molecule has 1 amide bonds. The van der Waals surface area contributed by atoms with Crippen molar-refractivity contribution in [3.05, 3.63) is 35.3 Å². The number of aromatic nitrogens is 1. The first-order valence-corrected chi connectivity index (χ1v) is 10.2. The van der Waals surface area contributed by atoms with Gasteiger partial charge in [-0.1, -0.05) is 13.8 Å². The normalized spacial score (nSPS) is 16.1. The zero-order valence-electron chi connectivity index (χ0n) is 16.2. The number of benzene rings is 1. The molecule has 1 aromatic heterocycles. The van der Waals surface area contributed by atoms with Crippen molar-refractivity contribution in [2.45, 2.75) is 32.9 Å². The largest absolute Gasteiger partial charge is 0.492 e. The summed E-state index contributed by atoms with van der Waals surface area (Å²) in [4.78, 5) is 16.6. The van der Waals surface area contributed by atoms with E-state index in [1.807, 2.05) is 13.8 Å². The molecular formula is C20H23F3N2O3S. The molecule has 0 spiro atoms. The van der Waals surface area contributed by atoms with Gasteiger partial charge in [0, 0.05) is 30.1 Å². The number of halogens is 3. The van der Waals surface area contributed by atoms with Crippen molar-refractivity contribution in [1.82, 2.24) is 9.88 Å². The minimum Gasteiger partial charge on any atom is -0.492 e. The van der Waals surface area contributed by atoms with Crippen LogP contribution in [0.15, 0.2) is 29.8 Å².